The molecule has 0 atom stereocenters. The van der Waals surface area contributed by atoms with Gasteiger partial charge in [0, 0.05) is 23.2 Å². The Hall–Kier alpha value is -2.99. The number of benzene rings is 2. The van der Waals surface area contributed by atoms with Crippen LogP contribution in [0, 0.1) is 6.92 Å². The molecule has 0 N–H and O–H groups in total. The largest absolute Gasteiger partial charge is 0.497 e. The van der Waals surface area contributed by atoms with Crippen molar-refractivity contribution in [1.29, 1.82) is 0 Å². The van der Waals surface area contributed by atoms with Crippen molar-refractivity contribution in [2.24, 2.45) is 4.99 Å². The number of methoxy groups -OCH3 is 1. The highest BCUT2D eigenvalue weighted by molar-refractivity contribution is 7.16. The molecule has 2 heterocycles. The summed E-state index contributed by atoms with van der Waals surface area (Å²) in [6, 6.07) is 15.3. The number of fused-ring (bicyclic) bond motifs is 2. The van der Waals surface area contributed by atoms with Crippen molar-refractivity contribution in [3.8, 4) is 5.75 Å². The van der Waals surface area contributed by atoms with Crippen LogP contribution in [0.2, 0.25) is 0 Å². The predicted molar refractivity (Wildman–Crippen MR) is 108 cm³/mol. The van der Waals surface area contributed by atoms with E-state index >= 15 is 0 Å². The van der Waals surface area contributed by atoms with Crippen molar-refractivity contribution in [1.82, 2.24) is 9.55 Å². The molecule has 0 unspecified atom stereocenters. The maximum absolute atomic E-state index is 12.8. The molecule has 6 heteroatoms. The van der Waals surface area contributed by atoms with Crippen molar-refractivity contribution < 1.29 is 9.53 Å². The van der Waals surface area contributed by atoms with E-state index in [0.29, 0.717) is 10.4 Å². The molecule has 2 aromatic carbocycles. The maximum Gasteiger partial charge on any atom is 0.279 e. The molecule has 0 saturated heterocycles. The number of carbonyl (C=O) groups is 1. The highest BCUT2D eigenvalue weighted by Crippen LogP contribution is 2.23. The van der Waals surface area contributed by atoms with Crippen molar-refractivity contribution in [3.63, 3.8) is 0 Å². The summed E-state index contributed by atoms with van der Waals surface area (Å²) >= 11 is 1.49. The Bertz CT molecular complexity index is 1240. The number of nitrogens with zero attached hydrogens (tertiary/aromatic N) is 3. The lowest BCUT2D eigenvalue weighted by Crippen LogP contribution is -2.15. The van der Waals surface area contributed by atoms with Crippen LogP contribution >= 0.6 is 11.3 Å². The molecule has 136 valence electrons. The van der Waals surface area contributed by atoms with Gasteiger partial charge in [0.15, 0.2) is 4.80 Å². The zero-order valence-corrected chi connectivity index (χ0v) is 16.2. The lowest BCUT2D eigenvalue weighted by molar-refractivity contribution is 0.0998. The van der Waals surface area contributed by atoms with Crippen LogP contribution in [-0.2, 0) is 6.54 Å². The fourth-order valence-corrected chi connectivity index (χ4v) is 4.20. The number of aromatic nitrogens is 2. The molecule has 0 aliphatic rings. The van der Waals surface area contributed by atoms with Gasteiger partial charge in [-0.2, -0.15) is 4.99 Å². The SMILES string of the molecule is CCn1c(=NC(=O)c2ccc3nc(C)ccc3c2)sc2cc(OC)ccc21. The third kappa shape index (κ3) is 3.24. The third-order valence-electron chi connectivity index (χ3n) is 4.48. The summed E-state index contributed by atoms with van der Waals surface area (Å²) in [6.07, 6.45) is 0. The first-order valence-corrected chi connectivity index (χ1v) is 9.54. The molecule has 5 nitrogen and oxygen atoms in total. The van der Waals surface area contributed by atoms with E-state index in [1.54, 1.807) is 13.2 Å². The zero-order chi connectivity index (χ0) is 19.0. The van der Waals surface area contributed by atoms with Gasteiger partial charge in [0.1, 0.15) is 5.75 Å². The highest BCUT2D eigenvalue weighted by Gasteiger charge is 2.10. The second-order valence-electron chi connectivity index (χ2n) is 6.24. The average molecular weight is 377 g/mol. The van der Waals surface area contributed by atoms with Gasteiger partial charge in [0.2, 0.25) is 0 Å². The van der Waals surface area contributed by atoms with Crippen molar-refractivity contribution in [2.75, 3.05) is 7.11 Å². The van der Waals surface area contributed by atoms with E-state index in [4.69, 9.17) is 4.74 Å². The molecular weight excluding hydrogens is 358 g/mol. The van der Waals surface area contributed by atoms with E-state index in [-0.39, 0.29) is 5.91 Å². The smallest absolute Gasteiger partial charge is 0.279 e. The van der Waals surface area contributed by atoms with Crippen LogP contribution in [0.15, 0.2) is 53.5 Å². The van der Waals surface area contributed by atoms with E-state index in [9.17, 15) is 4.79 Å². The second kappa shape index (κ2) is 6.96. The summed E-state index contributed by atoms with van der Waals surface area (Å²) in [5, 5.41) is 0.936. The van der Waals surface area contributed by atoms with Crippen LogP contribution < -0.4 is 9.54 Å². The monoisotopic (exact) mass is 377 g/mol. The lowest BCUT2D eigenvalue weighted by Gasteiger charge is -2.02. The molecule has 0 fully saturated rings. The molecule has 1 amide bonds. The van der Waals surface area contributed by atoms with Crippen LogP contribution in [0.5, 0.6) is 5.75 Å². The highest BCUT2D eigenvalue weighted by atomic mass is 32.1. The van der Waals surface area contributed by atoms with Crippen LogP contribution in [0.1, 0.15) is 23.0 Å². The maximum atomic E-state index is 12.8. The first-order chi connectivity index (χ1) is 13.1. The van der Waals surface area contributed by atoms with Gasteiger partial charge in [-0.05, 0) is 56.3 Å². The number of ether oxygens (including phenoxy) is 1. The quantitative estimate of drug-likeness (QED) is 0.534. The average Bonchev–Trinajstić information content (AvgIpc) is 3.03. The third-order valence-corrected chi connectivity index (χ3v) is 5.52. The number of carbonyl (C=O) groups excluding carboxylic acids is 1. The molecule has 27 heavy (non-hydrogen) atoms. The Morgan fingerprint density at radius 2 is 2.04 bits per heavy atom. The topological polar surface area (TPSA) is 56.5 Å². The van der Waals surface area contributed by atoms with Gasteiger partial charge in [0.05, 0.1) is 22.8 Å². The van der Waals surface area contributed by atoms with Gasteiger partial charge >= 0.3 is 0 Å². The molecule has 4 rings (SSSR count). The second-order valence-corrected chi connectivity index (χ2v) is 7.25. The Balaban J connectivity index is 1.80. The number of thiazole rings is 1. The summed E-state index contributed by atoms with van der Waals surface area (Å²) < 4.78 is 8.39. The van der Waals surface area contributed by atoms with Crippen LogP contribution in [0.25, 0.3) is 21.1 Å². The van der Waals surface area contributed by atoms with Gasteiger partial charge < -0.3 is 9.30 Å². The zero-order valence-electron chi connectivity index (χ0n) is 15.4. The van der Waals surface area contributed by atoms with Gasteiger partial charge in [-0.1, -0.05) is 17.4 Å². The van der Waals surface area contributed by atoms with Gasteiger partial charge in [-0.15, -0.1) is 0 Å². The summed E-state index contributed by atoms with van der Waals surface area (Å²) in [4.78, 5) is 22.3. The molecular formula is C21H19N3O2S. The minimum absolute atomic E-state index is 0.252. The number of pyridine rings is 1. The summed E-state index contributed by atoms with van der Waals surface area (Å²) in [6.45, 7) is 4.73. The Morgan fingerprint density at radius 1 is 1.19 bits per heavy atom. The summed E-state index contributed by atoms with van der Waals surface area (Å²) in [5.41, 5.74) is 3.44. The van der Waals surface area contributed by atoms with Crippen LogP contribution in [0.4, 0.5) is 0 Å². The Kier molecular flexibility index (Phi) is 4.49. The molecule has 0 bridgehead atoms. The van der Waals surface area contributed by atoms with Crippen molar-refractivity contribution in [3.05, 3.63) is 64.6 Å². The van der Waals surface area contributed by atoms with Crippen molar-refractivity contribution >= 4 is 38.4 Å². The summed E-state index contributed by atoms with van der Waals surface area (Å²) in [5.74, 6) is 0.542. The first kappa shape index (κ1) is 17.4. The number of rotatable bonds is 3. The fourth-order valence-electron chi connectivity index (χ4n) is 3.08. The molecule has 0 spiro atoms. The van der Waals surface area contributed by atoms with Crippen LogP contribution in [-0.4, -0.2) is 22.6 Å². The molecule has 0 radical (unpaired) electrons. The van der Waals surface area contributed by atoms with Gasteiger partial charge in [-0.3, -0.25) is 9.78 Å². The van der Waals surface area contributed by atoms with E-state index in [1.165, 1.54) is 11.3 Å². The molecule has 0 aliphatic heterocycles. The van der Waals surface area contributed by atoms with Gasteiger partial charge in [-0.25, -0.2) is 0 Å². The number of hydrogen-bond donors (Lipinski definition) is 0. The standard InChI is InChI=1S/C21H19N3O2S/c1-4-24-18-10-8-16(26-3)12-19(18)27-21(24)23-20(25)15-7-9-17-14(11-15)6-5-13(2)22-17/h5-12H,4H2,1-3H3. The minimum atomic E-state index is -0.252. The van der Waals surface area contributed by atoms with E-state index in [0.717, 1.165) is 39.1 Å². The fraction of sp³-hybridized carbons (Fsp3) is 0.190. The van der Waals surface area contributed by atoms with E-state index in [2.05, 4.69) is 9.98 Å². The lowest BCUT2D eigenvalue weighted by atomic mass is 10.1. The minimum Gasteiger partial charge on any atom is -0.497 e. The van der Waals surface area contributed by atoms with Crippen molar-refractivity contribution in [2.45, 2.75) is 20.4 Å². The molecule has 0 saturated carbocycles. The van der Waals surface area contributed by atoms with Crippen LogP contribution in [0.3, 0.4) is 0 Å². The Labute approximate surface area is 160 Å². The molecule has 0 aliphatic carbocycles. The number of aryl methyl sites for hydroxylation is 2. The normalized spacial score (nSPS) is 12.0. The molecule has 4 aromatic rings. The predicted octanol–water partition coefficient (Wildman–Crippen LogP) is 4.33. The first-order valence-electron chi connectivity index (χ1n) is 8.73. The summed E-state index contributed by atoms with van der Waals surface area (Å²) in [7, 11) is 1.65. The van der Waals surface area contributed by atoms with E-state index < -0.39 is 0 Å². The van der Waals surface area contributed by atoms with E-state index in [1.807, 2.05) is 60.9 Å². The van der Waals surface area contributed by atoms with Gasteiger partial charge in [0.25, 0.3) is 5.91 Å². The number of amides is 1. The Morgan fingerprint density at radius 3 is 2.81 bits per heavy atom. The molecule has 2 aromatic heterocycles. The number of hydrogen-bond acceptors (Lipinski definition) is 4.